The highest BCUT2D eigenvalue weighted by Crippen LogP contribution is 2.09. The molecule has 1 aromatic rings. The highest BCUT2D eigenvalue weighted by molar-refractivity contribution is 5.29. The molecule has 0 saturated heterocycles. The van der Waals surface area contributed by atoms with E-state index in [4.69, 9.17) is 5.26 Å². The van der Waals surface area contributed by atoms with Gasteiger partial charge in [-0.15, -0.1) is 0 Å². The van der Waals surface area contributed by atoms with Gasteiger partial charge in [0.2, 0.25) is 0 Å². The third-order valence-electron chi connectivity index (χ3n) is 1.80. The molecular formula is C9H12O2. The first-order valence-corrected chi connectivity index (χ1v) is 3.56. The van der Waals surface area contributed by atoms with Crippen molar-refractivity contribution in [2.45, 2.75) is 20.5 Å². The summed E-state index contributed by atoms with van der Waals surface area (Å²) in [5, 5.41) is 8.18. The van der Waals surface area contributed by atoms with Crippen molar-refractivity contribution < 1.29 is 10.1 Å². The maximum atomic E-state index is 8.18. The minimum absolute atomic E-state index is 0.265. The van der Waals surface area contributed by atoms with Crippen LogP contribution in [0.2, 0.25) is 0 Å². The van der Waals surface area contributed by atoms with E-state index in [-0.39, 0.29) is 6.61 Å². The van der Waals surface area contributed by atoms with E-state index in [1.54, 1.807) is 0 Å². The smallest absolute Gasteiger partial charge is 0.107 e. The molecule has 0 aromatic heterocycles. The first-order chi connectivity index (χ1) is 5.24. The van der Waals surface area contributed by atoms with Gasteiger partial charge in [-0.3, -0.25) is 5.26 Å². The van der Waals surface area contributed by atoms with E-state index in [0.717, 1.165) is 5.56 Å². The highest BCUT2D eigenvalue weighted by Gasteiger charge is 1.95. The molecule has 2 nitrogen and oxygen atoms in total. The van der Waals surface area contributed by atoms with Crippen LogP contribution < -0.4 is 0 Å². The summed E-state index contributed by atoms with van der Waals surface area (Å²) in [6.07, 6.45) is 0. The second-order valence-electron chi connectivity index (χ2n) is 2.69. The fraction of sp³-hybridized carbons (Fsp3) is 0.333. The van der Waals surface area contributed by atoms with Gasteiger partial charge in [-0.2, -0.15) is 0 Å². The maximum Gasteiger partial charge on any atom is 0.107 e. The molecule has 0 aliphatic heterocycles. The molecule has 2 heteroatoms. The standard InChI is InChI=1S/C9H12O2/c1-7-3-4-9(6-11-10)5-8(7)2/h3-5,10H,6H2,1-2H3. The summed E-state index contributed by atoms with van der Waals surface area (Å²) in [5.74, 6) is 0. The van der Waals surface area contributed by atoms with Gasteiger partial charge >= 0.3 is 0 Å². The molecule has 0 bridgehead atoms. The van der Waals surface area contributed by atoms with E-state index in [1.807, 2.05) is 25.1 Å². The Morgan fingerprint density at radius 2 is 2.00 bits per heavy atom. The first-order valence-electron chi connectivity index (χ1n) is 3.56. The van der Waals surface area contributed by atoms with Crippen molar-refractivity contribution >= 4 is 0 Å². The fourth-order valence-corrected chi connectivity index (χ4v) is 0.968. The van der Waals surface area contributed by atoms with Crippen LogP contribution in [0, 0.1) is 13.8 Å². The van der Waals surface area contributed by atoms with Gasteiger partial charge in [-0.1, -0.05) is 18.2 Å². The third-order valence-corrected chi connectivity index (χ3v) is 1.80. The summed E-state index contributed by atoms with van der Waals surface area (Å²) in [7, 11) is 0. The van der Waals surface area contributed by atoms with Gasteiger partial charge in [0, 0.05) is 0 Å². The number of benzene rings is 1. The average Bonchev–Trinajstić information content (AvgIpc) is 1.98. The largest absolute Gasteiger partial charge is 0.251 e. The molecule has 0 aliphatic carbocycles. The quantitative estimate of drug-likeness (QED) is 0.520. The molecule has 0 amide bonds. The molecule has 0 radical (unpaired) electrons. The summed E-state index contributed by atoms with van der Waals surface area (Å²) < 4.78 is 0. The summed E-state index contributed by atoms with van der Waals surface area (Å²) in [4.78, 5) is 4.02. The average molecular weight is 152 g/mol. The van der Waals surface area contributed by atoms with Crippen LogP contribution in [-0.2, 0) is 11.5 Å². The maximum absolute atomic E-state index is 8.18. The van der Waals surface area contributed by atoms with Gasteiger partial charge in [-0.25, -0.2) is 4.89 Å². The first kappa shape index (κ1) is 8.24. The topological polar surface area (TPSA) is 29.5 Å². The molecule has 60 valence electrons. The Balaban J connectivity index is 2.86. The molecule has 0 fully saturated rings. The van der Waals surface area contributed by atoms with Crippen LogP contribution in [0.15, 0.2) is 18.2 Å². The highest BCUT2D eigenvalue weighted by atomic mass is 17.1. The fourth-order valence-electron chi connectivity index (χ4n) is 0.968. The lowest BCUT2D eigenvalue weighted by Crippen LogP contribution is -1.89. The zero-order valence-electron chi connectivity index (χ0n) is 6.79. The lowest BCUT2D eigenvalue weighted by molar-refractivity contribution is -0.253. The Kier molecular flexibility index (Phi) is 2.63. The van der Waals surface area contributed by atoms with E-state index < -0.39 is 0 Å². The second-order valence-corrected chi connectivity index (χ2v) is 2.69. The van der Waals surface area contributed by atoms with Crippen molar-refractivity contribution in [2.24, 2.45) is 0 Å². The Morgan fingerprint density at radius 1 is 1.27 bits per heavy atom. The lowest BCUT2D eigenvalue weighted by Gasteiger charge is -2.02. The Labute approximate surface area is 66.4 Å². The summed E-state index contributed by atoms with van der Waals surface area (Å²) in [6, 6.07) is 5.97. The van der Waals surface area contributed by atoms with Crippen LogP contribution in [-0.4, -0.2) is 5.26 Å². The predicted molar refractivity (Wildman–Crippen MR) is 43.3 cm³/mol. The van der Waals surface area contributed by atoms with Crippen LogP contribution in [0.4, 0.5) is 0 Å². The van der Waals surface area contributed by atoms with Crippen molar-refractivity contribution in [1.29, 1.82) is 0 Å². The van der Waals surface area contributed by atoms with Gasteiger partial charge in [-0.05, 0) is 30.5 Å². The monoisotopic (exact) mass is 152 g/mol. The molecule has 1 aromatic carbocycles. The van der Waals surface area contributed by atoms with Gasteiger partial charge in [0.15, 0.2) is 0 Å². The molecule has 0 saturated carbocycles. The van der Waals surface area contributed by atoms with Crippen LogP contribution in [0.3, 0.4) is 0 Å². The van der Waals surface area contributed by atoms with Crippen LogP contribution in [0.1, 0.15) is 16.7 Å². The summed E-state index contributed by atoms with van der Waals surface area (Å²) >= 11 is 0. The molecule has 1 rings (SSSR count). The molecule has 1 N–H and O–H groups in total. The number of aryl methyl sites for hydroxylation is 2. The number of rotatable bonds is 2. The summed E-state index contributed by atoms with van der Waals surface area (Å²) in [5.41, 5.74) is 3.47. The molecule has 0 heterocycles. The van der Waals surface area contributed by atoms with E-state index >= 15 is 0 Å². The molecule has 0 atom stereocenters. The zero-order valence-corrected chi connectivity index (χ0v) is 6.79. The Hall–Kier alpha value is -0.860. The van der Waals surface area contributed by atoms with Gasteiger partial charge in [0.05, 0.1) is 0 Å². The van der Waals surface area contributed by atoms with E-state index in [9.17, 15) is 0 Å². The SMILES string of the molecule is Cc1ccc(COO)cc1C. The predicted octanol–water partition coefficient (Wildman–Crippen LogP) is 2.29. The van der Waals surface area contributed by atoms with Crippen LogP contribution in [0.25, 0.3) is 0 Å². The minimum Gasteiger partial charge on any atom is -0.251 e. The Bertz CT molecular complexity index is 243. The molecule has 11 heavy (non-hydrogen) atoms. The molecular weight excluding hydrogens is 140 g/mol. The van der Waals surface area contributed by atoms with Crippen LogP contribution in [0.5, 0.6) is 0 Å². The van der Waals surface area contributed by atoms with Gasteiger partial charge in [0.25, 0.3) is 0 Å². The molecule has 0 aliphatic rings. The Morgan fingerprint density at radius 3 is 2.55 bits per heavy atom. The lowest BCUT2D eigenvalue weighted by atomic mass is 10.1. The normalized spacial score (nSPS) is 10.1. The van der Waals surface area contributed by atoms with Crippen LogP contribution >= 0.6 is 0 Å². The van der Waals surface area contributed by atoms with Crippen molar-refractivity contribution in [3.8, 4) is 0 Å². The van der Waals surface area contributed by atoms with Crippen molar-refractivity contribution in [3.05, 3.63) is 34.9 Å². The molecule has 0 unspecified atom stereocenters. The number of hydrogen-bond donors (Lipinski definition) is 1. The third kappa shape index (κ3) is 2.03. The second kappa shape index (κ2) is 3.51. The van der Waals surface area contributed by atoms with E-state index in [2.05, 4.69) is 11.8 Å². The van der Waals surface area contributed by atoms with Gasteiger partial charge < -0.3 is 0 Å². The van der Waals surface area contributed by atoms with Gasteiger partial charge in [0.1, 0.15) is 6.61 Å². The van der Waals surface area contributed by atoms with E-state index in [1.165, 1.54) is 11.1 Å². The molecule has 0 spiro atoms. The summed E-state index contributed by atoms with van der Waals surface area (Å²) in [6.45, 7) is 4.36. The minimum atomic E-state index is 0.265. The zero-order chi connectivity index (χ0) is 8.27. The number of hydrogen-bond acceptors (Lipinski definition) is 2. The van der Waals surface area contributed by atoms with Crippen molar-refractivity contribution in [2.75, 3.05) is 0 Å². The van der Waals surface area contributed by atoms with E-state index in [0.29, 0.717) is 0 Å². The van der Waals surface area contributed by atoms with Crippen molar-refractivity contribution in [1.82, 2.24) is 0 Å². The van der Waals surface area contributed by atoms with Crippen molar-refractivity contribution in [3.63, 3.8) is 0 Å².